The molecule has 0 spiro atoms. The number of pyridine rings is 1. The maximum absolute atomic E-state index is 13.8. The predicted molar refractivity (Wildman–Crippen MR) is 126 cm³/mol. The van der Waals surface area contributed by atoms with E-state index in [1.54, 1.807) is 18.3 Å². The van der Waals surface area contributed by atoms with Crippen LogP contribution in [0.1, 0.15) is 29.7 Å². The van der Waals surface area contributed by atoms with E-state index >= 15 is 0 Å². The van der Waals surface area contributed by atoms with Gasteiger partial charge in [-0.15, -0.1) is 0 Å². The van der Waals surface area contributed by atoms with Crippen molar-refractivity contribution in [2.75, 3.05) is 32.7 Å². The molecule has 1 atom stereocenters. The SMILES string of the molecule is O=C(CN1CCc2c(n(Cc3cccc(F)c3)c3ncccc23)C1)CN1CCCC(C(=O)O)C1. The molecule has 2 aliphatic rings. The minimum absolute atomic E-state index is 0.111. The molecule has 2 aliphatic heterocycles. The zero-order chi connectivity index (χ0) is 23.7. The highest BCUT2D eigenvalue weighted by atomic mass is 19.1. The molecular weight excluding hydrogens is 435 g/mol. The highest BCUT2D eigenvalue weighted by Gasteiger charge is 2.29. The summed E-state index contributed by atoms with van der Waals surface area (Å²) in [6.07, 6.45) is 4.09. The lowest BCUT2D eigenvalue weighted by molar-refractivity contribution is -0.144. The van der Waals surface area contributed by atoms with Crippen LogP contribution in [-0.4, -0.2) is 68.9 Å². The number of carboxylic acid groups (broad SMARTS) is 1. The Hall–Kier alpha value is -3.10. The third-order valence-corrected chi connectivity index (χ3v) is 6.98. The first-order chi connectivity index (χ1) is 16.5. The summed E-state index contributed by atoms with van der Waals surface area (Å²) in [5.74, 6) is -1.31. The molecular formula is C26H29FN4O3. The van der Waals surface area contributed by atoms with Crippen molar-refractivity contribution in [3.63, 3.8) is 0 Å². The monoisotopic (exact) mass is 464 g/mol. The number of piperidine rings is 1. The van der Waals surface area contributed by atoms with Gasteiger partial charge in [0.1, 0.15) is 11.5 Å². The number of aliphatic carboxylic acids is 1. The summed E-state index contributed by atoms with van der Waals surface area (Å²) in [7, 11) is 0. The fourth-order valence-corrected chi connectivity index (χ4v) is 5.39. The van der Waals surface area contributed by atoms with Gasteiger partial charge in [0.05, 0.1) is 19.0 Å². The molecule has 1 saturated heterocycles. The van der Waals surface area contributed by atoms with Gasteiger partial charge in [0, 0.05) is 43.5 Å². The van der Waals surface area contributed by atoms with Crippen LogP contribution >= 0.6 is 0 Å². The van der Waals surface area contributed by atoms with Crippen molar-refractivity contribution < 1.29 is 19.1 Å². The van der Waals surface area contributed by atoms with E-state index < -0.39 is 5.97 Å². The number of hydrogen-bond donors (Lipinski definition) is 1. The van der Waals surface area contributed by atoms with Crippen molar-refractivity contribution in [1.29, 1.82) is 0 Å². The number of ketones is 1. The molecule has 0 aliphatic carbocycles. The lowest BCUT2D eigenvalue weighted by atomic mass is 9.98. The Labute approximate surface area is 197 Å². The van der Waals surface area contributed by atoms with Crippen molar-refractivity contribution in [2.24, 2.45) is 5.92 Å². The van der Waals surface area contributed by atoms with Gasteiger partial charge >= 0.3 is 5.97 Å². The molecule has 178 valence electrons. The van der Waals surface area contributed by atoms with Crippen molar-refractivity contribution in [1.82, 2.24) is 19.4 Å². The van der Waals surface area contributed by atoms with E-state index in [1.165, 1.54) is 11.6 Å². The van der Waals surface area contributed by atoms with Crippen LogP contribution in [0.2, 0.25) is 0 Å². The molecule has 0 amide bonds. The van der Waals surface area contributed by atoms with Gasteiger partial charge in [-0.05, 0) is 61.2 Å². The van der Waals surface area contributed by atoms with Crippen LogP contribution in [0.3, 0.4) is 0 Å². The van der Waals surface area contributed by atoms with Crippen LogP contribution in [0.25, 0.3) is 11.0 Å². The number of fused-ring (bicyclic) bond motifs is 3. The van der Waals surface area contributed by atoms with E-state index in [-0.39, 0.29) is 17.5 Å². The number of hydrogen-bond acceptors (Lipinski definition) is 5. The average Bonchev–Trinajstić information content (AvgIpc) is 3.12. The molecule has 0 saturated carbocycles. The van der Waals surface area contributed by atoms with Gasteiger partial charge in [-0.2, -0.15) is 0 Å². The van der Waals surface area contributed by atoms with Crippen molar-refractivity contribution in [2.45, 2.75) is 32.4 Å². The predicted octanol–water partition coefficient (Wildman–Crippen LogP) is 2.95. The summed E-state index contributed by atoms with van der Waals surface area (Å²) in [6, 6.07) is 10.6. The number of halogens is 1. The van der Waals surface area contributed by atoms with E-state index in [4.69, 9.17) is 0 Å². The number of benzene rings is 1. The Morgan fingerprint density at radius 1 is 1.12 bits per heavy atom. The third kappa shape index (κ3) is 4.74. The fraction of sp³-hybridized carbons (Fsp3) is 0.423. The molecule has 1 aromatic carbocycles. The maximum atomic E-state index is 13.8. The van der Waals surface area contributed by atoms with Gasteiger partial charge < -0.3 is 9.67 Å². The van der Waals surface area contributed by atoms with E-state index in [2.05, 4.69) is 20.5 Å². The lowest BCUT2D eigenvalue weighted by Gasteiger charge is -2.32. The van der Waals surface area contributed by atoms with E-state index in [0.717, 1.165) is 48.2 Å². The quantitative estimate of drug-likeness (QED) is 0.579. The first-order valence-corrected chi connectivity index (χ1v) is 11.9. The first kappa shape index (κ1) is 22.7. The summed E-state index contributed by atoms with van der Waals surface area (Å²) in [5.41, 5.74) is 4.14. The topological polar surface area (TPSA) is 78.7 Å². The molecule has 3 aromatic rings. The Balaban J connectivity index is 1.32. The summed E-state index contributed by atoms with van der Waals surface area (Å²) in [6.45, 7) is 3.78. The minimum atomic E-state index is -0.777. The van der Waals surface area contributed by atoms with Crippen molar-refractivity contribution in [3.8, 4) is 0 Å². The Bertz CT molecular complexity index is 1220. The molecule has 5 rings (SSSR count). The number of nitrogens with zero attached hydrogens (tertiary/aromatic N) is 4. The number of carbonyl (C=O) groups excluding carboxylic acids is 1. The average molecular weight is 465 g/mol. The lowest BCUT2D eigenvalue weighted by Crippen LogP contribution is -2.44. The molecule has 8 heteroatoms. The number of aromatic nitrogens is 2. The number of rotatable bonds is 7. The molecule has 0 radical (unpaired) electrons. The summed E-state index contributed by atoms with van der Waals surface area (Å²) in [4.78, 5) is 32.9. The van der Waals surface area contributed by atoms with Gasteiger partial charge in [-0.25, -0.2) is 9.37 Å². The Morgan fingerprint density at radius 2 is 1.97 bits per heavy atom. The van der Waals surface area contributed by atoms with Crippen molar-refractivity contribution in [3.05, 3.63) is 65.2 Å². The fourth-order valence-electron chi connectivity index (χ4n) is 5.39. The zero-order valence-corrected chi connectivity index (χ0v) is 19.1. The normalized spacial score (nSPS) is 19.3. The maximum Gasteiger partial charge on any atom is 0.307 e. The van der Waals surface area contributed by atoms with E-state index in [9.17, 15) is 19.1 Å². The molecule has 0 bridgehead atoms. The molecule has 2 aromatic heterocycles. The van der Waals surface area contributed by atoms with Gasteiger partial charge in [0.2, 0.25) is 0 Å². The number of likely N-dealkylation sites (tertiary alicyclic amines) is 1. The van der Waals surface area contributed by atoms with E-state index in [1.807, 2.05) is 17.0 Å². The second kappa shape index (κ2) is 9.64. The minimum Gasteiger partial charge on any atom is -0.481 e. The highest BCUT2D eigenvalue weighted by molar-refractivity contribution is 5.84. The van der Waals surface area contributed by atoms with E-state index in [0.29, 0.717) is 39.1 Å². The summed E-state index contributed by atoms with van der Waals surface area (Å²) in [5, 5.41) is 10.4. The Kier molecular flexibility index (Phi) is 6.43. The Morgan fingerprint density at radius 3 is 2.79 bits per heavy atom. The third-order valence-electron chi connectivity index (χ3n) is 6.98. The van der Waals surface area contributed by atoms with Crippen LogP contribution in [0, 0.1) is 11.7 Å². The van der Waals surface area contributed by atoms with Crippen LogP contribution in [0.4, 0.5) is 4.39 Å². The standard InChI is InChI=1S/C26H29FN4O3/c27-20-6-1-4-18(12-20)13-31-24-17-30(11-8-22(24)23-7-2-9-28-25(23)31)16-21(32)15-29-10-3-5-19(14-29)26(33)34/h1-2,4,6-7,9,12,19H,3,5,8,10-11,13-17H2,(H,33,34). The van der Waals surface area contributed by atoms with Gasteiger partial charge in [-0.1, -0.05) is 12.1 Å². The van der Waals surface area contributed by atoms with Gasteiger partial charge in [0.25, 0.3) is 0 Å². The molecule has 7 nitrogen and oxygen atoms in total. The largest absolute Gasteiger partial charge is 0.481 e. The highest BCUT2D eigenvalue weighted by Crippen LogP contribution is 2.30. The molecule has 1 N–H and O–H groups in total. The van der Waals surface area contributed by atoms with Crippen LogP contribution in [0.15, 0.2) is 42.6 Å². The van der Waals surface area contributed by atoms with Gasteiger partial charge in [0.15, 0.2) is 5.78 Å². The van der Waals surface area contributed by atoms with Crippen LogP contribution < -0.4 is 0 Å². The van der Waals surface area contributed by atoms with Gasteiger partial charge in [-0.3, -0.25) is 19.4 Å². The smallest absolute Gasteiger partial charge is 0.307 e. The molecule has 4 heterocycles. The number of Topliss-reactive ketones (excluding diaryl/α,β-unsaturated/α-hetero) is 1. The zero-order valence-electron chi connectivity index (χ0n) is 19.1. The molecule has 1 unspecified atom stereocenters. The second-order valence-corrected chi connectivity index (χ2v) is 9.43. The summed E-state index contributed by atoms with van der Waals surface area (Å²) >= 11 is 0. The van der Waals surface area contributed by atoms with Crippen molar-refractivity contribution >= 4 is 22.8 Å². The summed E-state index contributed by atoms with van der Waals surface area (Å²) < 4.78 is 16.0. The number of carbonyl (C=O) groups is 2. The van der Waals surface area contributed by atoms with Crippen LogP contribution in [-0.2, 0) is 29.1 Å². The molecule has 1 fully saturated rings. The van der Waals surface area contributed by atoms with Crippen LogP contribution in [0.5, 0.6) is 0 Å². The second-order valence-electron chi connectivity index (χ2n) is 9.43. The molecule has 34 heavy (non-hydrogen) atoms. The number of carboxylic acids is 1. The first-order valence-electron chi connectivity index (χ1n) is 11.9.